The topological polar surface area (TPSA) is 43.1 Å². The SMILES string of the molecule is Nc1cc(F)ccc1S(=O)Cc1cc(Cl)ccc1Cl. The van der Waals surface area contributed by atoms with Crippen LogP contribution in [0.3, 0.4) is 0 Å². The molecule has 2 aromatic rings. The van der Waals surface area contributed by atoms with Gasteiger partial charge in [0.15, 0.2) is 0 Å². The Morgan fingerprint density at radius 1 is 1.16 bits per heavy atom. The molecule has 2 N–H and O–H groups in total. The second-order valence-corrected chi connectivity index (χ2v) is 6.17. The lowest BCUT2D eigenvalue weighted by atomic mass is 10.2. The van der Waals surface area contributed by atoms with Crippen LogP contribution in [-0.2, 0) is 16.6 Å². The monoisotopic (exact) mass is 317 g/mol. The molecule has 6 heteroatoms. The van der Waals surface area contributed by atoms with Crippen LogP contribution in [0.25, 0.3) is 0 Å². The highest BCUT2D eigenvalue weighted by atomic mass is 35.5. The molecule has 0 saturated heterocycles. The summed E-state index contributed by atoms with van der Waals surface area (Å²) in [6.07, 6.45) is 0. The van der Waals surface area contributed by atoms with Gasteiger partial charge >= 0.3 is 0 Å². The first-order valence-corrected chi connectivity index (χ1v) is 7.42. The highest BCUT2D eigenvalue weighted by molar-refractivity contribution is 7.84. The zero-order valence-corrected chi connectivity index (χ0v) is 12.0. The minimum Gasteiger partial charge on any atom is -0.398 e. The molecular weight excluding hydrogens is 308 g/mol. The first kappa shape index (κ1) is 14.3. The maximum atomic E-state index is 12.9. The third kappa shape index (κ3) is 3.47. The van der Waals surface area contributed by atoms with Crippen molar-refractivity contribution in [2.24, 2.45) is 0 Å². The number of hydrogen-bond acceptors (Lipinski definition) is 2. The van der Waals surface area contributed by atoms with Crippen LogP contribution in [0.5, 0.6) is 0 Å². The second-order valence-electron chi connectivity index (χ2n) is 3.91. The summed E-state index contributed by atoms with van der Waals surface area (Å²) in [7, 11) is -1.41. The molecule has 1 atom stereocenters. The Labute approximate surface area is 122 Å². The van der Waals surface area contributed by atoms with Gasteiger partial charge in [-0.05, 0) is 42.0 Å². The van der Waals surface area contributed by atoms with Gasteiger partial charge in [-0.3, -0.25) is 4.21 Å². The summed E-state index contributed by atoms with van der Waals surface area (Å²) in [6, 6.07) is 8.74. The highest BCUT2D eigenvalue weighted by Crippen LogP contribution is 2.25. The third-order valence-electron chi connectivity index (χ3n) is 2.51. The van der Waals surface area contributed by atoms with Crippen molar-refractivity contribution in [2.75, 3.05) is 5.73 Å². The van der Waals surface area contributed by atoms with E-state index in [1.807, 2.05) is 0 Å². The lowest BCUT2D eigenvalue weighted by Gasteiger charge is -2.08. The zero-order chi connectivity index (χ0) is 14.0. The molecule has 0 amide bonds. The Bertz CT molecular complexity index is 649. The highest BCUT2D eigenvalue weighted by Gasteiger charge is 2.12. The van der Waals surface area contributed by atoms with Crippen LogP contribution in [-0.4, -0.2) is 4.21 Å². The average Bonchev–Trinajstić information content (AvgIpc) is 2.33. The van der Waals surface area contributed by atoms with Crippen LogP contribution >= 0.6 is 23.2 Å². The van der Waals surface area contributed by atoms with E-state index in [1.54, 1.807) is 18.2 Å². The van der Waals surface area contributed by atoms with Gasteiger partial charge in [0, 0.05) is 10.0 Å². The van der Waals surface area contributed by atoms with Crippen LogP contribution in [0.4, 0.5) is 10.1 Å². The van der Waals surface area contributed by atoms with Gasteiger partial charge < -0.3 is 5.73 Å². The number of hydrogen-bond donors (Lipinski definition) is 1. The molecule has 0 aliphatic heterocycles. The van der Waals surface area contributed by atoms with Gasteiger partial charge in [-0.25, -0.2) is 4.39 Å². The van der Waals surface area contributed by atoms with Crippen molar-refractivity contribution < 1.29 is 8.60 Å². The van der Waals surface area contributed by atoms with Gasteiger partial charge in [-0.2, -0.15) is 0 Å². The number of halogens is 3. The smallest absolute Gasteiger partial charge is 0.125 e. The molecule has 0 spiro atoms. The summed E-state index contributed by atoms with van der Waals surface area (Å²) in [5.41, 5.74) is 6.48. The number of nitrogen functional groups attached to an aromatic ring is 1. The predicted octanol–water partition coefficient (Wildman–Crippen LogP) is 4.02. The summed E-state index contributed by atoms with van der Waals surface area (Å²) < 4.78 is 25.2. The number of nitrogens with two attached hydrogens (primary N) is 1. The summed E-state index contributed by atoms with van der Waals surface area (Å²) >= 11 is 11.9. The Balaban J connectivity index is 2.28. The van der Waals surface area contributed by atoms with Gasteiger partial charge in [0.2, 0.25) is 0 Å². The van der Waals surface area contributed by atoms with Crippen molar-refractivity contribution in [1.82, 2.24) is 0 Å². The molecule has 0 aliphatic carbocycles. The Kier molecular flexibility index (Phi) is 4.45. The molecule has 2 nitrogen and oxygen atoms in total. The van der Waals surface area contributed by atoms with E-state index in [0.29, 0.717) is 20.5 Å². The van der Waals surface area contributed by atoms with Gasteiger partial charge in [-0.15, -0.1) is 0 Å². The van der Waals surface area contributed by atoms with Gasteiger partial charge in [0.1, 0.15) is 5.82 Å². The van der Waals surface area contributed by atoms with Crippen molar-refractivity contribution in [1.29, 1.82) is 0 Å². The Hall–Kier alpha value is -1.10. The maximum Gasteiger partial charge on any atom is 0.125 e. The maximum absolute atomic E-state index is 12.9. The zero-order valence-electron chi connectivity index (χ0n) is 9.70. The molecule has 0 bridgehead atoms. The normalized spacial score (nSPS) is 12.4. The van der Waals surface area contributed by atoms with E-state index in [1.165, 1.54) is 12.1 Å². The van der Waals surface area contributed by atoms with Crippen molar-refractivity contribution in [3.8, 4) is 0 Å². The number of rotatable bonds is 3. The van der Waals surface area contributed by atoms with Crippen LogP contribution in [0.2, 0.25) is 10.0 Å². The first-order chi connectivity index (χ1) is 8.97. The Morgan fingerprint density at radius 3 is 2.58 bits per heavy atom. The number of anilines is 1. The molecule has 0 fully saturated rings. The molecule has 0 heterocycles. The van der Waals surface area contributed by atoms with E-state index in [-0.39, 0.29) is 11.4 Å². The number of benzene rings is 2. The van der Waals surface area contributed by atoms with Crippen molar-refractivity contribution in [3.63, 3.8) is 0 Å². The van der Waals surface area contributed by atoms with E-state index >= 15 is 0 Å². The standard InChI is InChI=1S/C13H10Cl2FNOS/c14-9-1-3-11(15)8(5-9)7-19(18)13-4-2-10(16)6-12(13)17/h1-6H,7,17H2. The Morgan fingerprint density at radius 2 is 1.89 bits per heavy atom. The molecule has 19 heavy (non-hydrogen) atoms. The van der Waals surface area contributed by atoms with E-state index in [0.717, 1.165) is 6.07 Å². The van der Waals surface area contributed by atoms with Crippen LogP contribution in [0.15, 0.2) is 41.3 Å². The minimum absolute atomic E-state index is 0.163. The van der Waals surface area contributed by atoms with E-state index in [4.69, 9.17) is 28.9 Å². The van der Waals surface area contributed by atoms with E-state index in [2.05, 4.69) is 0 Å². The summed E-state index contributed by atoms with van der Waals surface area (Å²) in [5.74, 6) is -0.283. The minimum atomic E-state index is -1.41. The molecule has 1 unspecified atom stereocenters. The average molecular weight is 318 g/mol. The lowest BCUT2D eigenvalue weighted by molar-refractivity contribution is 0.627. The summed E-state index contributed by atoms with van der Waals surface area (Å²) in [4.78, 5) is 0.387. The van der Waals surface area contributed by atoms with E-state index < -0.39 is 16.6 Å². The van der Waals surface area contributed by atoms with Gasteiger partial charge in [0.25, 0.3) is 0 Å². The predicted molar refractivity (Wildman–Crippen MR) is 77.4 cm³/mol. The molecule has 0 radical (unpaired) electrons. The molecular formula is C13H10Cl2FNOS. The molecule has 0 aliphatic rings. The molecule has 0 saturated carbocycles. The molecule has 0 aromatic heterocycles. The van der Waals surface area contributed by atoms with Gasteiger partial charge in [-0.1, -0.05) is 23.2 Å². The van der Waals surface area contributed by atoms with Crippen LogP contribution in [0, 0.1) is 5.82 Å². The van der Waals surface area contributed by atoms with Gasteiger partial charge in [0.05, 0.1) is 27.1 Å². The quantitative estimate of drug-likeness (QED) is 0.869. The lowest BCUT2D eigenvalue weighted by Crippen LogP contribution is -2.02. The van der Waals surface area contributed by atoms with E-state index in [9.17, 15) is 8.60 Å². The summed E-state index contributed by atoms with van der Waals surface area (Å²) in [5, 5.41) is 1.00. The largest absolute Gasteiger partial charge is 0.398 e. The fourth-order valence-corrected chi connectivity index (χ4v) is 3.28. The second kappa shape index (κ2) is 5.90. The van der Waals surface area contributed by atoms with Crippen LogP contribution < -0.4 is 5.73 Å². The first-order valence-electron chi connectivity index (χ1n) is 5.34. The molecule has 2 rings (SSSR count). The molecule has 100 valence electrons. The van der Waals surface area contributed by atoms with Crippen molar-refractivity contribution in [3.05, 3.63) is 57.8 Å². The van der Waals surface area contributed by atoms with Crippen LogP contribution in [0.1, 0.15) is 5.56 Å². The third-order valence-corrected chi connectivity index (χ3v) is 4.55. The fraction of sp³-hybridized carbons (Fsp3) is 0.0769. The van der Waals surface area contributed by atoms with Crippen molar-refractivity contribution in [2.45, 2.75) is 10.6 Å². The molecule has 2 aromatic carbocycles. The van der Waals surface area contributed by atoms with Crippen molar-refractivity contribution >= 4 is 39.7 Å². The fourth-order valence-electron chi connectivity index (χ4n) is 1.60. The summed E-state index contributed by atoms with van der Waals surface area (Å²) in [6.45, 7) is 0.